The molecule has 1 spiro atoms. The summed E-state index contributed by atoms with van der Waals surface area (Å²) in [4.78, 5) is 11.9. The molecule has 30 heavy (non-hydrogen) atoms. The van der Waals surface area contributed by atoms with Gasteiger partial charge in [-0.05, 0) is 24.3 Å². The molecule has 0 radical (unpaired) electrons. The van der Waals surface area contributed by atoms with E-state index in [4.69, 9.17) is 4.74 Å². The number of anilines is 1. The van der Waals surface area contributed by atoms with Gasteiger partial charge in [0.05, 0.1) is 17.7 Å². The Morgan fingerprint density at radius 3 is 2.50 bits per heavy atom. The molecule has 0 aromatic heterocycles. The Bertz CT molecular complexity index is 1020. The quantitative estimate of drug-likeness (QED) is 0.719. The highest BCUT2D eigenvalue weighted by Gasteiger charge is 2.45. The van der Waals surface area contributed by atoms with E-state index in [0.717, 1.165) is 22.5 Å². The number of amides is 1. The van der Waals surface area contributed by atoms with Crippen LogP contribution in [0.15, 0.2) is 53.4 Å². The predicted octanol–water partition coefficient (Wildman–Crippen LogP) is 3.87. The topological polar surface area (TPSA) is 81.7 Å². The zero-order chi connectivity index (χ0) is 21.6. The Balaban J connectivity index is 1.54. The lowest BCUT2D eigenvalue weighted by Crippen LogP contribution is -2.52. The molecule has 0 saturated carbocycles. The number of alkyl halides is 3. The van der Waals surface area contributed by atoms with E-state index in [1.165, 1.54) is 0 Å². The highest BCUT2D eigenvalue weighted by molar-refractivity contribution is 7.95. The Labute approximate surface area is 172 Å². The van der Waals surface area contributed by atoms with E-state index in [1.54, 1.807) is 24.3 Å². The maximum atomic E-state index is 13.0. The van der Waals surface area contributed by atoms with Crippen molar-refractivity contribution >= 4 is 22.0 Å². The van der Waals surface area contributed by atoms with Crippen molar-refractivity contribution < 1.29 is 31.5 Å². The molecule has 2 aromatic carbocycles. The third-order valence-corrected chi connectivity index (χ3v) is 7.30. The zero-order valence-electron chi connectivity index (χ0n) is 15.8. The van der Waals surface area contributed by atoms with E-state index in [-0.39, 0.29) is 38.3 Å². The number of benzene rings is 2. The predicted molar refractivity (Wildman–Crippen MR) is 102 cm³/mol. The summed E-state index contributed by atoms with van der Waals surface area (Å²) in [5.74, 6) is 0.284. The van der Waals surface area contributed by atoms with Gasteiger partial charge in [-0.3, -0.25) is 4.79 Å². The second-order valence-corrected chi connectivity index (χ2v) is 9.37. The molecule has 1 saturated heterocycles. The van der Waals surface area contributed by atoms with Gasteiger partial charge >= 0.3 is 6.18 Å². The molecule has 6 nitrogen and oxygen atoms in total. The highest BCUT2D eigenvalue weighted by atomic mass is 32.3. The number of piperidine rings is 1. The van der Waals surface area contributed by atoms with Crippen LogP contribution < -0.4 is 10.1 Å². The van der Waals surface area contributed by atoms with E-state index < -0.39 is 32.6 Å². The fourth-order valence-corrected chi connectivity index (χ4v) is 5.30. The fraction of sp³-hybridized carbons (Fsp3) is 0.350. The third kappa shape index (κ3) is 3.94. The normalized spacial score (nSPS) is 21.1. The number of hydrogen-bond donors (Lipinski definition) is 1. The number of para-hydroxylation sites is 2. The van der Waals surface area contributed by atoms with Crippen LogP contribution >= 0.6 is 0 Å². The standard InChI is InChI=1S/C20H19F3N2O4S/c21-20(22,23)14-4-3-5-15(12-14)30(27,28)25-10-8-19(9-11-25)13-18(26)24-16-6-1-2-7-17(16)29-19/h1-7,12H,8-11,13H2,(H-,24,26,27,28). The van der Waals surface area contributed by atoms with Crippen molar-refractivity contribution in [1.29, 1.82) is 0 Å². The van der Waals surface area contributed by atoms with Gasteiger partial charge in [0, 0.05) is 32.0 Å². The second kappa shape index (κ2) is 7.36. The largest absolute Gasteiger partial charge is 0.593 e. The van der Waals surface area contributed by atoms with E-state index in [2.05, 4.69) is 5.32 Å². The Morgan fingerprint density at radius 2 is 1.80 bits per heavy atom. The number of carbonyl (C=O) groups excluding carboxylic acids is 1. The van der Waals surface area contributed by atoms with E-state index >= 15 is 0 Å². The maximum Gasteiger partial charge on any atom is 0.416 e. The van der Waals surface area contributed by atoms with Crippen LogP contribution in [0, 0.1) is 0 Å². The average Bonchev–Trinajstić information content (AvgIpc) is 2.82. The SMILES string of the molecule is O=C1CC2(CCN([S+](=O)([O-])c3cccc(C(F)(F)F)c3)CC2)Oc2ccccc2N1. The number of hydrogen-bond acceptors (Lipinski definition) is 4. The lowest BCUT2D eigenvalue weighted by molar-refractivity contribution is -0.137. The number of nitrogens with zero attached hydrogens (tertiary/aromatic N) is 1. The van der Waals surface area contributed by atoms with Crippen LogP contribution in [-0.4, -0.2) is 33.5 Å². The molecule has 1 amide bonds. The van der Waals surface area contributed by atoms with Crippen molar-refractivity contribution in [1.82, 2.24) is 4.31 Å². The summed E-state index contributed by atoms with van der Waals surface area (Å²) >= 11 is 0. The molecule has 0 aliphatic carbocycles. The van der Waals surface area contributed by atoms with Crippen molar-refractivity contribution in [2.45, 2.75) is 35.9 Å². The molecule has 0 bridgehead atoms. The first-order chi connectivity index (χ1) is 14.1. The molecule has 160 valence electrons. The van der Waals surface area contributed by atoms with Crippen LogP contribution in [0.3, 0.4) is 0 Å². The molecule has 4 rings (SSSR count). The number of fused-ring (bicyclic) bond motifs is 1. The van der Waals surface area contributed by atoms with Crippen LogP contribution in [0.2, 0.25) is 0 Å². The molecular weight excluding hydrogens is 421 g/mol. The number of halogens is 3. The molecular formula is C20H19F3N2O4S. The smallest absolute Gasteiger partial charge is 0.416 e. The fourth-order valence-electron chi connectivity index (χ4n) is 3.81. The van der Waals surface area contributed by atoms with Gasteiger partial charge in [-0.15, -0.1) is 4.31 Å². The van der Waals surface area contributed by atoms with Gasteiger partial charge in [0.2, 0.25) is 5.91 Å². The summed E-state index contributed by atoms with van der Waals surface area (Å²) in [6.07, 6.45) is -4.08. The number of ether oxygens (including phenoxy) is 1. The molecule has 2 aromatic rings. The molecule has 1 N–H and O–H groups in total. The third-order valence-electron chi connectivity index (χ3n) is 5.40. The van der Waals surface area contributed by atoms with Crippen molar-refractivity contribution in [2.24, 2.45) is 0 Å². The molecule has 1 unspecified atom stereocenters. The Hall–Kier alpha value is -2.43. The van der Waals surface area contributed by atoms with E-state index in [1.807, 2.05) is 0 Å². The molecule has 2 aliphatic rings. The Kier molecular flexibility index (Phi) is 5.11. The molecule has 2 aliphatic heterocycles. The minimum Gasteiger partial charge on any atom is -0.593 e. The van der Waals surface area contributed by atoms with Crippen LogP contribution in [-0.2, 0) is 25.6 Å². The monoisotopic (exact) mass is 440 g/mol. The van der Waals surface area contributed by atoms with Crippen LogP contribution in [0.25, 0.3) is 0 Å². The van der Waals surface area contributed by atoms with Gasteiger partial charge in [-0.1, -0.05) is 22.4 Å². The van der Waals surface area contributed by atoms with Gasteiger partial charge in [0.25, 0.3) is 0 Å². The zero-order valence-corrected chi connectivity index (χ0v) is 16.6. The molecule has 1 fully saturated rings. The van der Waals surface area contributed by atoms with Crippen LogP contribution in [0.1, 0.15) is 24.8 Å². The molecule has 1 atom stereocenters. The highest BCUT2D eigenvalue weighted by Crippen LogP contribution is 2.40. The summed E-state index contributed by atoms with van der Waals surface area (Å²) in [5.41, 5.74) is -1.33. The summed E-state index contributed by atoms with van der Waals surface area (Å²) in [7, 11) is -4.11. The summed E-state index contributed by atoms with van der Waals surface area (Å²) in [6.45, 7) is 0.0715. The van der Waals surface area contributed by atoms with Crippen LogP contribution in [0.4, 0.5) is 18.9 Å². The summed E-state index contributed by atoms with van der Waals surface area (Å²) in [6, 6.07) is 10.7. The van der Waals surface area contributed by atoms with Crippen molar-refractivity contribution in [3.05, 3.63) is 54.1 Å². The van der Waals surface area contributed by atoms with E-state index in [9.17, 15) is 26.7 Å². The summed E-state index contributed by atoms with van der Waals surface area (Å²) in [5, 5.41) is 2.78. The van der Waals surface area contributed by atoms with Gasteiger partial charge in [-0.2, -0.15) is 13.2 Å². The van der Waals surface area contributed by atoms with Gasteiger partial charge in [0.15, 0.2) is 15.3 Å². The number of rotatable bonds is 2. The molecule has 10 heteroatoms. The van der Waals surface area contributed by atoms with E-state index in [0.29, 0.717) is 17.5 Å². The lowest BCUT2D eigenvalue weighted by Gasteiger charge is -2.40. The Morgan fingerprint density at radius 1 is 1.10 bits per heavy atom. The lowest BCUT2D eigenvalue weighted by atomic mass is 9.88. The minimum atomic E-state index is -4.63. The first kappa shape index (κ1) is 20.8. The minimum absolute atomic E-state index is 0.0357. The first-order valence-electron chi connectivity index (χ1n) is 9.34. The number of nitrogens with one attached hydrogen (secondary N) is 1. The van der Waals surface area contributed by atoms with Gasteiger partial charge in [-0.25, -0.2) is 0 Å². The van der Waals surface area contributed by atoms with Crippen molar-refractivity contribution in [2.75, 3.05) is 18.4 Å². The summed E-state index contributed by atoms with van der Waals surface area (Å²) < 4.78 is 72.0. The molecule has 2 heterocycles. The maximum absolute atomic E-state index is 13.0. The number of sulfonamides is 1. The van der Waals surface area contributed by atoms with Gasteiger partial charge in [0.1, 0.15) is 11.4 Å². The van der Waals surface area contributed by atoms with Gasteiger partial charge < -0.3 is 14.6 Å². The van der Waals surface area contributed by atoms with Crippen LogP contribution in [0.5, 0.6) is 5.75 Å². The van der Waals surface area contributed by atoms with Crippen molar-refractivity contribution in [3.63, 3.8) is 0 Å². The average molecular weight is 440 g/mol. The second-order valence-electron chi connectivity index (χ2n) is 7.44. The first-order valence-corrected chi connectivity index (χ1v) is 10.8. The van der Waals surface area contributed by atoms with Crippen molar-refractivity contribution in [3.8, 4) is 5.75 Å². The number of carbonyl (C=O) groups is 1.